The first-order valence-corrected chi connectivity index (χ1v) is 10.4. The van der Waals surface area contributed by atoms with E-state index in [4.69, 9.17) is 9.47 Å². The van der Waals surface area contributed by atoms with Crippen LogP contribution in [0.1, 0.15) is 30.5 Å². The molecule has 3 rings (SSSR count). The fraction of sp³-hybridized carbons (Fsp3) is 0.400. The molecule has 0 aromatic heterocycles. The van der Waals surface area contributed by atoms with E-state index in [-0.39, 0.29) is 10.9 Å². The minimum atomic E-state index is -3.67. The molecule has 2 aromatic rings. The second-order valence-electron chi connectivity index (χ2n) is 6.65. The zero-order valence-corrected chi connectivity index (χ0v) is 16.2. The van der Waals surface area contributed by atoms with Crippen LogP contribution in [0, 0.1) is 6.92 Å². The maximum absolute atomic E-state index is 12.9. The molecule has 5 nitrogen and oxygen atoms in total. The van der Waals surface area contributed by atoms with Crippen molar-refractivity contribution in [2.45, 2.75) is 44.6 Å². The van der Waals surface area contributed by atoms with Gasteiger partial charge in [0.05, 0.1) is 13.2 Å². The molecule has 1 unspecified atom stereocenters. The zero-order chi connectivity index (χ0) is 18.7. The molecule has 1 N–H and O–H groups in total. The van der Waals surface area contributed by atoms with Crippen molar-refractivity contribution >= 4 is 10.0 Å². The predicted molar refractivity (Wildman–Crippen MR) is 101 cm³/mol. The third-order valence-electron chi connectivity index (χ3n) is 4.34. The summed E-state index contributed by atoms with van der Waals surface area (Å²) in [4.78, 5) is 0.188. The van der Waals surface area contributed by atoms with Crippen LogP contribution in [0.3, 0.4) is 0 Å². The average Bonchev–Trinajstić information content (AvgIpc) is 3.03. The Morgan fingerprint density at radius 2 is 2.04 bits per heavy atom. The molecule has 0 amide bonds. The Hall–Kier alpha value is -2.05. The second-order valence-corrected chi connectivity index (χ2v) is 8.33. The minimum Gasteiger partial charge on any atom is -0.493 e. The highest BCUT2D eigenvalue weighted by molar-refractivity contribution is 7.89. The van der Waals surface area contributed by atoms with Gasteiger partial charge in [-0.2, -0.15) is 0 Å². The van der Waals surface area contributed by atoms with Gasteiger partial charge in [0.1, 0.15) is 16.4 Å². The number of nitrogens with one attached hydrogen (secondary N) is 1. The Balaban J connectivity index is 1.76. The highest BCUT2D eigenvalue weighted by atomic mass is 32.2. The van der Waals surface area contributed by atoms with Crippen molar-refractivity contribution in [3.8, 4) is 11.5 Å². The summed E-state index contributed by atoms with van der Waals surface area (Å²) in [6.45, 7) is 6.71. The first kappa shape index (κ1) is 18.7. The minimum absolute atomic E-state index is 0.188. The van der Waals surface area contributed by atoms with Crippen LogP contribution in [0.25, 0.3) is 0 Å². The van der Waals surface area contributed by atoms with Crippen LogP contribution in [0.4, 0.5) is 0 Å². The van der Waals surface area contributed by atoms with Gasteiger partial charge >= 0.3 is 0 Å². The molecule has 0 saturated heterocycles. The molecule has 0 radical (unpaired) electrons. The molecule has 1 aliphatic heterocycles. The summed E-state index contributed by atoms with van der Waals surface area (Å²) < 4.78 is 39.5. The maximum Gasteiger partial charge on any atom is 0.244 e. The van der Waals surface area contributed by atoms with Crippen molar-refractivity contribution in [2.24, 2.45) is 0 Å². The summed E-state index contributed by atoms with van der Waals surface area (Å²) in [5.41, 5.74) is 3.16. The third-order valence-corrected chi connectivity index (χ3v) is 5.95. The van der Waals surface area contributed by atoms with Crippen LogP contribution in [-0.2, 0) is 22.9 Å². The average molecular weight is 375 g/mol. The number of rotatable bonds is 7. The van der Waals surface area contributed by atoms with Crippen molar-refractivity contribution in [1.82, 2.24) is 4.72 Å². The molecule has 140 valence electrons. The normalized spacial score (nSPS) is 14.6. The number of aryl methyl sites for hydroxylation is 1. The lowest BCUT2D eigenvalue weighted by Crippen LogP contribution is -2.34. The standard InChI is InChI=1S/C20H25NO4S/c1-4-24-19-7-5-14(2)11-20(19)26(22,23)21-15(3)12-16-6-8-18-17(13-16)9-10-25-18/h5-8,11,13,15,21H,4,9-10,12H2,1-3H3. The van der Waals surface area contributed by atoms with Crippen LogP contribution in [0.15, 0.2) is 41.3 Å². The number of ether oxygens (including phenoxy) is 2. The number of benzene rings is 2. The summed E-state index contributed by atoms with van der Waals surface area (Å²) in [7, 11) is -3.67. The van der Waals surface area contributed by atoms with Crippen LogP contribution in [-0.4, -0.2) is 27.7 Å². The van der Waals surface area contributed by atoms with Gasteiger partial charge in [-0.3, -0.25) is 0 Å². The van der Waals surface area contributed by atoms with E-state index < -0.39 is 10.0 Å². The molecule has 2 aromatic carbocycles. The number of hydrogen-bond donors (Lipinski definition) is 1. The van der Waals surface area contributed by atoms with Crippen molar-refractivity contribution in [2.75, 3.05) is 13.2 Å². The van der Waals surface area contributed by atoms with E-state index in [1.165, 1.54) is 5.56 Å². The summed E-state index contributed by atoms with van der Waals surface area (Å²) in [5.74, 6) is 1.32. The lowest BCUT2D eigenvalue weighted by Gasteiger charge is -2.17. The monoisotopic (exact) mass is 375 g/mol. The Labute approximate surface area is 155 Å². The molecular weight excluding hydrogens is 350 g/mol. The van der Waals surface area contributed by atoms with E-state index in [1.807, 2.05) is 39.0 Å². The van der Waals surface area contributed by atoms with Crippen molar-refractivity contribution < 1.29 is 17.9 Å². The topological polar surface area (TPSA) is 64.6 Å². The van der Waals surface area contributed by atoms with Gasteiger partial charge in [-0.15, -0.1) is 0 Å². The summed E-state index contributed by atoms with van der Waals surface area (Å²) in [6, 6.07) is 11.0. The smallest absolute Gasteiger partial charge is 0.244 e. The number of sulfonamides is 1. The van der Waals surface area contributed by atoms with Gasteiger partial charge in [-0.05, 0) is 62.1 Å². The van der Waals surface area contributed by atoms with Gasteiger partial charge in [0.2, 0.25) is 10.0 Å². The van der Waals surface area contributed by atoms with E-state index in [1.54, 1.807) is 12.1 Å². The Kier molecular flexibility index (Phi) is 5.53. The molecule has 0 aliphatic carbocycles. The molecule has 0 fully saturated rings. The Morgan fingerprint density at radius 3 is 2.81 bits per heavy atom. The van der Waals surface area contributed by atoms with Crippen LogP contribution < -0.4 is 14.2 Å². The molecule has 0 spiro atoms. The SMILES string of the molecule is CCOc1ccc(C)cc1S(=O)(=O)NC(C)Cc1ccc2c(c1)CCO2. The van der Waals surface area contributed by atoms with Gasteiger partial charge in [0, 0.05) is 12.5 Å². The van der Waals surface area contributed by atoms with Crippen LogP contribution in [0.5, 0.6) is 11.5 Å². The first-order chi connectivity index (χ1) is 12.4. The van der Waals surface area contributed by atoms with Crippen molar-refractivity contribution in [3.05, 3.63) is 53.1 Å². The second kappa shape index (κ2) is 7.68. The molecule has 6 heteroatoms. The summed E-state index contributed by atoms with van der Waals surface area (Å²) in [6.07, 6.45) is 1.52. The molecule has 0 bridgehead atoms. The van der Waals surface area contributed by atoms with Gasteiger partial charge in [0.25, 0.3) is 0 Å². The molecular formula is C20H25NO4S. The van der Waals surface area contributed by atoms with Crippen molar-refractivity contribution in [3.63, 3.8) is 0 Å². The fourth-order valence-corrected chi connectivity index (χ4v) is 4.66. The quantitative estimate of drug-likeness (QED) is 0.807. The van der Waals surface area contributed by atoms with Crippen LogP contribution in [0.2, 0.25) is 0 Å². The summed E-state index contributed by atoms with van der Waals surface area (Å²) in [5, 5.41) is 0. The fourth-order valence-electron chi connectivity index (χ4n) is 3.19. The molecule has 0 saturated carbocycles. The van der Waals surface area contributed by atoms with Gasteiger partial charge in [0.15, 0.2) is 0 Å². The van der Waals surface area contributed by atoms with E-state index in [0.29, 0.717) is 25.4 Å². The lowest BCUT2D eigenvalue weighted by atomic mass is 10.0. The lowest BCUT2D eigenvalue weighted by molar-refractivity contribution is 0.330. The Morgan fingerprint density at radius 1 is 1.23 bits per heavy atom. The number of fused-ring (bicyclic) bond motifs is 1. The highest BCUT2D eigenvalue weighted by Crippen LogP contribution is 2.27. The van der Waals surface area contributed by atoms with Gasteiger partial charge in [-0.1, -0.05) is 18.2 Å². The van der Waals surface area contributed by atoms with E-state index in [2.05, 4.69) is 10.8 Å². The molecule has 1 atom stereocenters. The van der Waals surface area contributed by atoms with Crippen LogP contribution >= 0.6 is 0 Å². The predicted octanol–water partition coefficient (Wildman–Crippen LogP) is 3.24. The van der Waals surface area contributed by atoms with E-state index in [9.17, 15) is 8.42 Å². The third kappa shape index (κ3) is 4.19. The first-order valence-electron chi connectivity index (χ1n) is 8.89. The number of hydrogen-bond acceptors (Lipinski definition) is 4. The zero-order valence-electron chi connectivity index (χ0n) is 15.4. The molecule has 26 heavy (non-hydrogen) atoms. The maximum atomic E-state index is 12.9. The largest absolute Gasteiger partial charge is 0.493 e. The van der Waals surface area contributed by atoms with Gasteiger partial charge in [-0.25, -0.2) is 13.1 Å². The van der Waals surface area contributed by atoms with Gasteiger partial charge < -0.3 is 9.47 Å². The summed E-state index contributed by atoms with van der Waals surface area (Å²) >= 11 is 0. The van der Waals surface area contributed by atoms with Crippen molar-refractivity contribution in [1.29, 1.82) is 0 Å². The molecule has 1 aliphatic rings. The van der Waals surface area contributed by atoms with E-state index in [0.717, 1.165) is 23.3 Å². The van der Waals surface area contributed by atoms with E-state index >= 15 is 0 Å². The Bertz CT molecular complexity index is 893. The highest BCUT2D eigenvalue weighted by Gasteiger charge is 2.23. The molecule has 1 heterocycles.